The van der Waals surface area contributed by atoms with Crippen LogP contribution in [0.15, 0.2) is 17.2 Å². The second-order valence-corrected chi connectivity index (χ2v) is 5.33. The average Bonchev–Trinajstić information content (AvgIpc) is 3.05. The van der Waals surface area contributed by atoms with E-state index in [1.165, 1.54) is 17.2 Å². The number of nitrogens with one attached hydrogen (secondary N) is 2. The summed E-state index contributed by atoms with van der Waals surface area (Å²) in [6, 6.07) is 2.41. The van der Waals surface area contributed by atoms with Crippen molar-refractivity contribution in [1.82, 2.24) is 24.9 Å². The van der Waals surface area contributed by atoms with Crippen LogP contribution in [0.25, 0.3) is 5.65 Å². The molecule has 0 aromatic carbocycles. The summed E-state index contributed by atoms with van der Waals surface area (Å²) >= 11 is 0. The minimum Gasteiger partial charge on any atom is -0.352 e. The van der Waals surface area contributed by atoms with Gasteiger partial charge < -0.3 is 10.2 Å². The Labute approximate surface area is 109 Å². The second-order valence-electron chi connectivity index (χ2n) is 5.33. The van der Waals surface area contributed by atoms with Crippen LogP contribution < -0.4 is 15.9 Å². The van der Waals surface area contributed by atoms with Crippen LogP contribution >= 0.6 is 0 Å². The maximum absolute atomic E-state index is 11.4. The van der Waals surface area contributed by atoms with E-state index < -0.39 is 0 Å². The molecule has 2 aromatic heterocycles. The predicted molar refractivity (Wildman–Crippen MR) is 70.3 cm³/mol. The molecule has 7 nitrogen and oxygen atoms in total. The summed E-state index contributed by atoms with van der Waals surface area (Å²) < 4.78 is 1.43. The summed E-state index contributed by atoms with van der Waals surface area (Å²) in [7, 11) is 0. The zero-order chi connectivity index (χ0) is 12.8. The number of nitrogens with zero attached hydrogens (tertiary/aromatic N) is 4. The Morgan fingerprint density at radius 3 is 3.26 bits per heavy atom. The average molecular weight is 260 g/mol. The van der Waals surface area contributed by atoms with Crippen molar-refractivity contribution in [1.29, 1.82) is 0 Å². The SMILES string of the molecule is O=c1[nH]nc2cc(N3CCCC4CNCC43)ncn12. The summed E-state index contributed by atoms with van der Waals surface area (Å²) in [5, 5.41) is 9.90. The van der Waals surface area contributed by atoms with E-state index in [9.17, 15) is 4.79 Å². The molecule has 4 heterocycles. The van der Waals surface area contributed by atoms with E-state index in [-0.39, 0.29) is 5.69 Å². The van der Waals surface area contributed by atoms with Crippen LogP contribution in [0.5, 0.6) is 0 Å². The first kappa shape index (κ1) is 11.0. The highest BCUT2D eigenvalue weighted by Gasteiger charge is 2.35. The summed E-state index contributed by atoms with van der Waals surface area (Å²) in [6.07, 6.45) is 4.05. The molecule has 4 rings (SSSR count). The first-order valence-electron chi connectivity index (χ1n) is 6.73. The van der Waals surface area contributed by atoms with Crippen molar-refractivity contribution in [3.8, 4) is 0 Å². The van der Waals surface area contributed by atoms with Crippen LogP contribution in [0.3, 0.4) is 0 Å². The Kier molecular flexibility index (Phi) is 2.34. The lowest BCUT2D eigenvalue weighted by molar-refractivity contribution is 0.383. The van der Waals surface area contributed by atoms with Crippen LogP contribution in [0.4, 0.5) is 5.82 Å². The number of hydrogen-bond acceptors (Lipinski definition) is 5. The van der Waals surface area contributed by atoms with Crippen molar-refractivity contribution in [2.75, 3.05) is 24.5 Å². The Morgan fingerprint density at radius 1 is 1.37 bits per heavy atom. The molecule has 0 radical (unpaired) electrons. The first-order valence-corrected chi connectivity index (χ1v) is 6.73. The van der Waals surface area contributed by atoms with E-state index in [1.54, 1.807) is 6.33 Å². The minimum absolute atomic E-state index is 0.242. The number of piperidine rings is 1. The number of rotatable bonds is 1. The molecule has 2 fully saturated rings. The fourth-order valence-electron chi connectivity index (χ4n) is 3.31. The van der Waals surface area contributed by atoms with Crippen LogP contribution in [0, 0.1) is 5.92 Å². The van der Waals surface area contributed by atoms with Gasteiger partial charge in [0.15, 0.2) is 5.65 Å². The number of aromatic nitrogens is 4. The highest BCUT2D eigenvalue weighted by molar-refractivity contribution is 5.51. The predicted octanol–water partition coefficient (Wildman–Crippen LogP) is -0.394. The Balaban J connectivity index is 1.74. The van der Waals surface area contributed by atoms with Gasteiger partial charge in [0.05, 0.1) is 0 Å². The molecule has 19 heavy (non-hydrogen) atoms. The topological polar surface area (TPSA) is 78.3 Å². The van der Waals surface area contributed by atoms with Gasteiger partial charge in [-0.1, -0.05) is 0 Å². The van der Waals surface area contributed by atoms with E-state index >= 15 is 0 Å². The Hall–Kier alpha value is -1.89. The summed E-state index contributed by atoms with van der Waals surface area (Å²) in [6.45, 7) is 3.15. The molecule has 2 aliphatic rings. The van der Waals surface area contributed by atoms with Gasteiger partial charge in [0, 0.05) is 31.7 Å². The van der Waals surface area contributed by atoms with E-state index in [4.69, 9.17) is 0 Å². The number of aromatic amines is 1. The van der Waals surface area contributed by atoms with Crippen LogP contribution in [-0.2, 0) is 0 Å². The van der Waals surface area contributed by atoms with Gasteiger partial charge in [0.1, 0.15) is 12.1 Å². The first-order chi connectivity index (χ1) is 9.33. The van der Waals surface area contributed by atoms with Gasteiger partial charge >= 0.3 is 5.69 Å². The number of anilines is 1. The van der Waals surface area contributed by atoms with Gasteiger partial charge in [-0.15, -0.1) is 0 Å². The lowest BCUT2D eigenvalue weighted by Crippen LogP contribution is -2.45. The molecule has 0 spiro atoms. The van der Waals surface area contributed by atoms with Crippen molar-refractivity contribution in [2.45, 2.75) is 18.9 Å². The zero-order valence-corrected chi connectivity index (χ0v) is 10.5. The Bertz CT molecular complexity index is 662. The van der Waals surface area contributed by atoms with Crippen molar-refractivity contribution in [3.05, 3.63) is 22.9 Å². The number of fused-ring (bicyclic) bond motifs is 2. The molecule has 0 bridgehead atoms. The quantitative estimate of drug-likeness (QED) is 0.730. The van der Waals surface area contributed by atoms with Crippen LogP contribution in [0.2, 0.25) is 0 Å². The molecule has 2 atom stereocenters. The normalized spacial score (nSPS) is 26.8. The highest BCUT2D eigenvalue weighted by atomic mass is 16.1. The molecule has 2 aliphatic heterocycles. The van der Waals surface area contributed by atoms with Crippen molar-refractivity contribution in [2.24, 2.45) is 5.92 Å². The zero-order valence-electron chi connectivity index (χ0n) is 10.5. The number of H-pyrrole nitrogens is 1. The fraction of sp³-hybridized carbons (Fsp3) is 0.583. The standard InChI is InChI=1S/C12H16N6O/c19-12-16-15-11-4-10(14-7-18(11)12)17-3-1-2-8-5-13-6-9(8)17/h4,7-9,13H,1-3,5-6H2,(H,16,19). The molecule has 2 aromatic rings. The molecule has 2 unspecified atom stereocenters. The third-order valence-electron chi connectivity index (χ3n) is 4.27. The van der Waals surface area contributed by atoms with Gasteiger partial charge in [-0.05, 0) is 18.8 Å². The number of hydrogen-bond donors (Lipinski definition) is 2. The van der Waals surface area contributed by atoms with Gasteiger partial charge in [-0.25, -0.2) is 19.3 Å². The van der Waals surface area contributed by atoms with Crippen molar-refractivity contribution >= 4 is 11.5 Å². The van der Waals surface area contributed by atoms with Crippen LogP contribution in [-0.4, -0.2) is 45.3 Å². The maximum atomic E-state index is 11.4. The van der Waals surface area contributed by atoms with Gasteiger partial charge in [0.2, 0.25) is 0 Å². The maximum Gasteiger partial charge on any atom is 0.348 e. The summed E-state index contributed by atoms with van der Waals surface area (Å²) in [5.74, 6) is 1.64. The monoisotopic (exact) mass is 260 g/mol. The molecule has 0 amide bonds. The minimum atomic E-state index is -0.242. The summed E-state index contributed by atoms with van der Waals surface area (Å²) in [5.41, 5.74) is 0.385. The Morgan fingerprint density at radius 2 is 2.32 bits per heavy atom. The molecule has 2 N–H and O–H groups in total. The lowest BCUT2D eigenvalue weighted by Gasteiger charge is -2.37. The molecular formula is C12H16N6O. The van der Waals surface area contributed by atoms with Crippen molar-refractivity contribution < 1.29 is 0 Å². The fourth-order valence-corrected chi connectivity index (χ4v) is 3.31. The third kappa shape index (κ3) is 1.65. The smallest absolute Gasteiger partial charge is 0.348 e. The van der Waals surface area contributed by atoms with E-state index in [2.05, 4.69) is 25.4 Å². The molecule has 0 aliphatic carbocycles. The molecule has 7 heteroatoms. The lowest BCUT2D eigenvalue weighted by atomic mass is 9.92. The second kappa shape index (κ2) is 4.06. The highest BCUT2D eigenvalue weighted by Crippen LogP contribution is 2.29. The summed E-state index contributed by atoms with van der Waals surface area (Å²) in [4.78, 5) is 18.2. The van der Waals surface area contributed by atoms with E-state index in [0.29, 0.717) is 17.6 Å². The molecular weight excluding hydrogens is 244 g/mol. The van der Waals surface area contributed by atoms with Gasteiger partial charge in [0.25, 0.3) is 0 Å². The van der Waals surface area contributed by atoms with E-state index in [1.807, 2.05) is 6.07 Å². The van der Waals surface area contributed by atoms with Gasteiger partial charge in [-0.3, -0.25) is 0 Å². The van der Waals surface area contributed by atoms with E-state index in [0.717, 1.165) is 25.5 Å². The molecule has 0 saturated carbocycles. The van der Waals surface area contributed by atoms with Crippen molar-refractivity contribution in [3.63, 3.8) is 0 Å². The largest absolute Gasteiger partial charge is 0.352 e. The van der Waals surface area contributed by atoms with Gasteiger partial charge in [-0.2, -0.15) is 5.10 Å². The van der Waals surface area contributed by atoms with Crippen LogP contribution in [0.1, 0.15) is 12.8 Å². The molecule has 2 saturated heterocycles. The molecule has 100 valence electrons. The third-order valence-corrected chi connectivity index (χ3v) is 4.27.